The van der Waals surface area contributed by atoms with Crippen molar-refractivity contribution in [2.45, 2.75) is 0 Å². The molecule has 0 aliphatic heterocycles. The number of nitrogens with zero attached hydrogens (tertiary/aromatic N) is 1. The molecule has 0 aliphatic rings. The van der Waals surface area contributed by atoms with Gasteiger partial charge in [-0.25, -0.2) is 13.8 Å². The van der Waals surface area contributed by atoms with E-state index in [4.69, 9.17) is 5.73 Å². The molecule has 0 fully saturated rings. The van der Waals surface area contributed by atoms with Crippen LogP contribution in [-0.4, -0.2) is 16.8 Å². The molecule has 30 heavy (non-hydrogen) atoms. The average Bonchev–Trinajstić information content (AvgIpc) is 2.74. The monoisotopic (exact) mass is 403 g/mol. The predicted octanol–water partition coefficient (Wildman–Crippen LogP) is 4.53. The van der Waals surface area contributed by atoms with Crippen LogP contribution < -0.4 is 11.1 Å². The van der Waals surface area contributed by atoms with Crippen LogP contribution in [0.15, 0.2) is 72.8 Å². The van der Waals surface area contributed by atoms with E-state index in [0.29, 0.717) is 16.6 Å². The zero-order valence-corrected chi connectivity index (χ0v) is 15.5. The number of primary amides is 1. The van der Waals surface area contributed by atoms with Crippen molar-refractivity contribution in [2.24, 2.45) is 5.73 Å². The number of amides is 2. The third kappa shape index (κ3) is 3.73. The Kier molecular flexibility index (Phi) is 4.93. The molecule has 5 nitrogen and oxygen atoms in total. The van der Waals surface area contributed by atoms with Gasteiger partial charge in [0, 0.05) is 22.7 Å². The van der Waals surface area contributed by atoms with E-state index in [-0.39, 0.29) is 16.8 Å². The summed E-state index contributed by atoms with van der Waals surface area (Å²) in [5.41, 5.74) is 6.85. The first-order valence-electron chi connectivity index (χ1n) is 8.99. The number of nitrogens with one attached hydrogen (secondary N) is 1. The van der Waals surface area contributed by atoms with Crippen molar-refractivity contribution in [2.75, 3.05) is 5.32 Å². The maximum Gasteiger partial charge on any atom is 0.256 e. The van der Waals surface area contributed by atoms with Gasteiger partial charge in [-0.05, 0) is 36.4 Å². The molecule has 0 bridgehead atoms. The number of pyridine rings is 1. The summed E-state index contributed by atoms with van der Waals surface area (Å²) in [6.07, 6.45) is 0. The topological polar surface area (TPSA) is 85.1 Å². The molecule has 1 aromatic heterocycles. The van der Waals surface area contributed by atoms with Crippen LogP contribution in [0.4, 0.5) is 14.5 Å². The van der Waals surface area contributed by atoms with Gasteiger partial charge in [-0.15, -0.1) is 0 Å². The van der Waals surface area contributed by atoms with E-state index in [9.17, 15) is 18.4 Å². The molecule has 0 aliphatic carbocycles. The Morgan fingerprint density at radius 3 is 2.37 bits per heavy atom. The molecular formula is C23H15F2N3O2. The summed E-state index contributed by atoms with van der Waals surface area (Å²) in [5, 5.41) is 3.08. The number of carbonyl (C=O) groups is 2. The fourth-order valence-corrected chi connectivity index (χ4v) is 3.14. The molecule has 0 atom stereocenters. The molecule has 0 radical (unpaired) electrons. The van der Waals surface area contributed by atoms with Crippen LogP contribution in [0.25, 0.3) is 22.2 Å². The molecular weight excluding hydrogens is 388 g/mol. The van der Waals surface area contributed by atoms with Crippen molar-refractivity contribution in [1.29, 1.82) is 0 Å². The highest BCUT2D eigenvalue weighted by molar-refractivity contribution is 6.13. The summed E-state index contributed by atoms with van der Waals surface area (Å²) in [4.78, 5) is 28.9. The third-order valence-corrected chi connectivity index (χ3v) is 4.58. The van der Waals surface area contributed by atoms with Crippen molar-refractivity contribution in [1.82, 2.24) is 4.98 Å². The van der Waals surface area contributed by atoms with E-state index in [2.05, 4.69) is 10.3 Å². The summed E-state index contributed by atoms with van der Waals surface area (Å²) < 4.78 is 27.5. The van der Waals surface area contributed by atoms with E-state index in [1.165, 1.54) is 24.3 Å². The number of nitrogens with two attached hydrogens (primary N) is 1. The summed E-state index contributed by atoms with van der Waals surface area (Å²) in [6, 6.07) is 18.3. The van der Waals surface area contributed by atoms with Gasteiger partial charge in [-0.3, -0.25) is 9.59 Å². The van der Waals surface area contributed by atoms with E-state index in [1.807, 2.05) is 30.3 Å². The molecule has 148 valence electrons. The first-order chi connectivity index (χ1) is 14.4. The van der Waals surface area contributed by atoms with E-state index < -0.39 is 23.4 Å². The average molecular weight is 403 g/mol. The lowest BCUT2D eigenvalue weighted by Gasteiger charge is -2.11. The van der Waals surface area contributed by atoms with Gasteiger partial charge in [0.25, 0.3) is 11.8 Å². The summed E-state index contributed by atoms with van der Waals surface area (Å²) in [5.74, 6) is -2.72. The molecule has 0 unspecified atom stereocenters. The minimum atomic E-state index is -0.945. The fourth-order valence-electron chi connectivity index (χ4n) is 3.14. The first-order valence-corrected chi connectivity index (χ1v) is 8.99. The fraction of sp³-hybridized carbons (Fsp3) is 0. The standard InChI is InChI=1S/C23H15F2N3O2/c24-14-6-8-16-17(12-20(28-21(16)10-14)13-4-2-1-3-5-13)23(30)27-15-7-9-19(25)18(11-15)22(26)29/h1-12H,(H2,26,29)(H,27,30). The van der Waals surface area contributed by atoms with Crippen LogP contribution in [0.1, 0.15) is 20.7 Å². The maximum absolute atomic E-state index is 13.8. The molecule has 4 aromatic rings. The van der Waals surface area contributed by atoms with Gasteiger partial charge in [0.1, 0.15) is 11.6 Å². The number of aromatic nitrogens is 1. The smallest absolute Gasteiger partial charge is 0.256 e. The second-order valence-electron chi connectivity index (χ2n) is 6.60. The highest BCUT2D eigenvalue weighted by Gasteiger charge is 2.16. The number of halogens is 2. The second-order valence-corrected chi connectivity index (χ2v) is 6.60. The van der Waals surface area contributed by atoms with Crippen LogP contribution in [0.2, 0.25) is 0 Å². The second kappa shape index (κ2) is 7.71. The zero-order valence-electron chi connectivity index (χ0n) is 15.5. The lowest BCUT2D eigenvalue weighted by Crippen LogP contribution is -2.16. The minimum Gasteiger partial charge on any atom is -0.366 e. The van der Waals surface area contributed by atoms with Crippen molar-refractivity contribution >= 4 is 28.4 Å². The van der Waals surface area contributed by atoms with Crippen LogP contribution in [0.5, 0.6) is 0 Å². The lowest BCUT2D eigenvalue weighted by atomic mass is 10.0. The number of anilines is 1. The number of fused-ring (bicyclic) bond motifs is 1. The molecule has 0 saturated heterocycles. The van der Waals surface area contributed by atoms with Crippen molar-refractivity contribution in [3.8, 4) is 11.3 Å². The van der Waals surface area contributed by atoms with Gasteiger partial charge >= 0.3 is 0 Å². The molecule has 3 aromatic carbocycles. The number of hydrogen-bond acceptors (Lipinski definition) is 3. The predicted molar refractivity (Wildman–Crippen MR) is 110 cm³/mol. The lowest BCUT2D eigenvalue weighted by molar-refractivity contribution is 0.0992. The Bertz CT molecular complexity index is 1290. The van der Waals surface area contributed by atoms with Crippen LogP contribution in [-0.2, 0) is 0 Å². The van der Waals surface area contributed by atoms with E-state index >= 15 is 0 Å². The SMILES string of the molecule is NC(=O)c1cc(NC(=O)c2cc(-c3ccccc3)nc3cc(F)ccc23)ccc1F. The molecule has 7 heteroatoms. The molecule has 3 N–H and O–H groups in total. The van der Waals surface area contributed by atoms with Gasteiger partial charge in [-0.1, -0.05) is 30.3 Å². The molecule has 0 saturated carbocycles. The number of carbonyl (C=O) groups excluding carboxylic acids is 2. The van der Waals surface area contributed by atoms with Gasteiger partial charge in [0.05, 0.1) is 22.3 Å². The largest absolute Gasteiger partial charge is 0.366 e. The number of hydrogen-bond donors (Lipinski definition) is 2. The Morgan fingerprint density at radius 2 is 1.63 bits per heavy atom. The van der Waals surface area contributed by atoms with Crippen molar-refractivity contribution < 1.29 is 18.4 Å². The normalized spacial score (nSPS) is 10.7. The van der Waals surface area contributed by atoms with Gasteiger partial charge in [-0.2, -0.15) is 0 Å². The Labute approximate surface area is 170 Å². The molecule has 4 rings (SSSR count). The maximum atomic E-state index is 13.8. The Hall–Kier alpha value is -4.13. The minimum absolute atomic E-state index is 0.198. The molecule has 2 amide bonds. The first kappa shape index (κ1) is 19.2. The summed E-state index contributed by atoms with van der Waals surface area (Å²) in [6.45, 7) is 0. The van der Waals surface area contributed by atoms with Crippen molar-refractivity contribution in [3.63, 3.8) is 0 Å². The number of benzene rings is 3. The summed E-state index contributed by atoms with van der Waals surface area (Å²) >= 11 is 0. The highest BCUT2D eigenvalue weighted by Crippen LogP contribution is 2.26. The van der Waals surface area contributed by atoms with Gasteiger partial charge in [0.15, 0.2) is 0 Å². The van der Waals surface area contributed by atoms with Crippen LogP contribution in [0, 0.1) is 11.6 Å². The molecule has 0 spiro atoms. The molecule has 1 heterocycles. The quantitative estimate of drug-likeness (QED) is 0.525. The van der Waals surface area contributed by atoms with Crippen molar-refractivity contribution in [3.05, 3.63) is 95.6 Å². The van der Waals surface area contributed by atoms with Crippen LogP contribution in [0.3, 0.4) is 0 Å². The Morgan fingerprint density at radius 1 is 0.867 bits per heavy atom. The Balaban J connectivity index is 1.80. The van der Waals surface area contributed by atoms with E-state index in [1.54, 1.807) is 6.07 Å². The third-order valence-electron chi connectivity index (χ3n) is 4.58. The van der Waals surface area contributed by atoms with Gasteiger partial charge in [0.2, 0.25) is 0 Å². The van der Waals surface area contributed by atoms with Crippen LogP contribution >= 0.6 is 0 Å². The highest BCUT2D eigenvalue weighted by atomic mass is 19.1. The zero-order chi connectivity index (χ0) is 21.3. The van der Waals surface area contributed by atoms with E-state index in [0.717, 1.165) is 17.7 Å². The summed E-state index contributed by atoms with van der Waals surface area (Å²) in [7, 11) is 0. The van der Waals surface area contributed by atoms with Gasteiger partial charge < -0.3 is 11.1 Å². The number of rotatable bonds is 4.